The molecule has 6 N–H and O–H groups in total. The standard InChI is InChI=1S/C32H44FN5O6S.CH2O2/c1-17(2)13-18-11-12-43-29-19(14-18)15-34-25(29)31(42)35-22-5-3-4-6-24(45-32-28(41)26(39)27(40)30(22)44-32)23-16-38(37-36-23)21-9-7-20(33)8-10-21;2-1-3/h3-4,7-10,16-19,22,24-30,32,34,39-41H,5-6,11-15H2,1-2H3,(H,35,42);1H,(H,2,3)/b4-3-;/t18-,19-,22+,24-,25-,26-,27+,28+,29+,30+,32+;/m0./s1. The third-order valence-electron chi connectivity index (χ3n) is 9.42. The number of ether oxygens (including phenoxy) is 2. The summed E-state index contributed by atoms with van der Waals surface area (Å²) >= 11 is 1.27. The van der Waals surface area contributed by atoms with Gasteiger partial charge < -0.3 is 40.5 Å². The van der Waals surface area contributed by atoms with Gasteiger partial charge in [-0.15, -0.1) is 16.9 Å². The van der Waals surface area contributed by atoms with Crippen molar-refractivity contribution in [3.63, 3.8) is 0 Å². The van der Waals surface area contributed by atoms with Crippen molar-refractivity contribution in [2.75, 3.05) is 13.2 Å². The van der Waals surface area contributed by atoms with Gasteiger partial charge in [-0.1, -0.05) is 31.2 Å². The number of rotatable bonds is 6. The van der Waals surface area contributed by atoms with Crippen LogP contribution in [0, 0.1) is 23.6 Å². The Balaban J connectivity index is 0.00000145. The Kier molecular flexibility index (Phi) is 12.6. The Morgan fingerprint density at radius 2 is 1.88 bits per heavy atom. The van der Waals surface area contributed by atoms with Crippen LogP contribution in [0.5, 0.6) is 0 Å². The number of nitrogens with one attached hydrogen (secondary N) is 2. The number of amides is 1. The molecule has 2 aromatic rings. The van der Waals surface area contributed by atoms with E-state index in [0.717, 1.165) is 19.3 Å². The van der Waals surface area contributed by atoms with E-state index in [1.54, 1.807) is 23.0 Å². The molecule has 1 aromatic carbocycles. The van der Waals surface area contributed by atoms with E-state index < -0.39 is 41.9 Å². The molecule has 4 aliphatic heterocycles. The van der Waals surface area contributed by atoms with Gasteiger partial charge in [-0.2, -0.15) is 0 Å². The SMILES string of the molecule is CC(C)C[C@@H]1CCO[C@@H]2[C@H](CN[C@@H]2C(=O)N[C@@H]2C/C=C\C[C@@H](c3cn(-c4ccc(F)cc4)nn3)S[C@H]3O[C@H]2[C@H](O)[C@H](O)[C@H]3O)C1.O=CO. The summed E-state index contributed by atoms with van der Waals surface area (Å²) in [6.07, 6.45) is 4.24. The number of nitrogens with zero attached hydrogens (tertiary/aromatic N) is 3. The lowest BCUT2D eigenvalue weighted by Crippen LogP contribution is -2.64. The number of halogens is 1. The van der Waals surface area contributed by atoms with Gasteiger partial charge in [0.2, 0.25) is 5.91 Å². The molecule has 0 saturated carbocycles. The van der Waals surface area contributed by atoms with Crippen LogP contribution in [0.4, 0.5) is 4.39 Å². The number of carboxylic acid groups (broad SMARTS) is 1. The minimum absolute atomic E-state index is 0.226. The van der Waals surface area contributed by atoms with E-state index >= 15 is 0 Å². The average molecular weight is 692 g/mol. The smallest absolute Gasteiger partial charge is 0.290 e. The number of hydrogen-bond donors (Lipinski definition) is 6. The Bertz CT molecular complexity index is 1380. The highest BCUT2D eigenvalue weighted by Crippen LogP contribution is 2.41. The van der Waals surface area contributed by atoms with Gasteiger partial charge >= 0.3 is 0 Å². The molecular formula is C33H46FN5O8S. The summed E-state index contributed by atoms with van der Waals surface area (Å²) < 4.78 is 27.5. The number of hydrogen-bond acceptors (Lipinski definition) is 11. The van der Waals surface area contributed by atoms with Gasteiger partial charge in [-0.05, 0) is 74.1 Å². The predicted octanol–water partition coefficient (Wildman–Crippen LogP) is 1.95. The minimum Gasteiger partial charge on any atom is -0.483 e. The summed E-state index contributed by atoms with van der Waals surface area (Å²) in [5.41, 5.74) is 0.361. The summed E-state index contributed by atoms with van der Waals surface area (Å²) in [5, 5.41) is 54.4. The van der Waals surface area contributed by atoms with Crippen LogP contribution >= 0.6 is 11.8 Å². The molecule has 264 valence electrons. The van der Waals surface area contributed by atoms with E-state index in [4.69, 9.17) is 19.4 Å². The quantitative estimate of drug-likeness (QED) is 0.191. The molecule has 48 heavy (non-hydrogen) atoms. The fourth-order valence-electron chi connectivity index (χ4n) is 7.15. The topological polar surface area (TPSA) is 188 Å². The molecule has 0 unspecified atom stereocenters. The highest BCUT2D eigenvalue weighted by molar-refractivity contribution is 8.00. The fraction of sp³-hybridized carbons (Fsp3) is 0.636. The van der Waals surface area contributed by atoms with Crippen molar-refractivity contribution in [2.45, 2.75) is 99.2 Å². The van der Waals surface area contributed by atoms with Gasteiger partial charge in [0.15, 0.2) is 0 Å². The zero-order chi connectivity index (χ0) is 34.4. The Morgan fingerprint density at radius 1 is 1.15 bits per heavy atom. The first-order chi connectivity index (χ1) is 23.1. The number of allylic oxidation sites excluding steroid dienone is 1. The summed E-state index contributed by atoms with van der Waals surface area (Å²) in [5.74, 6) is 0.872. The molecule has 1 aromatic heterocycles. The lowest BCUT2D eigenvalue weighted by atomic mass is 9.85. The van der Waals surface area contributed by atoms with Gasteiger partial charge in [-0.25, -0.2) is 9.07 Å². The third kappa shape index (κ3) is 8.62. The monoisotopic (exact) mass is 691 g/mol. The van der Waals surface area contributed by atoms with Crippen LogP contribution in [-0.2, 0) is 19.1 Å². The summed E-state index contributed by atoms with van der Waals surface area (Å²) in [4.78, 5) is 22.1. The molecule has 4 aliphatic rings. The van der Waals surface area contributed by atoms with E-state index in [1.165, 1.54) is 23.9 Å². The maximum atomic E-state index is 13.7. The summed E-state index contributed by atoms with van der Waals surface area (Å²) in [6, 6.07) is 4.73. The normalized spacial score (nSPS) is 35.8. The van der Waals surface area contributed by atoms with Crippen molar-refractivity contribution in [3.05, 3.63) is 54.1 Å². The van der Waals surface area contributed by atoms with Gasteiger partial charge in [0, 0.05) is 13.2 Å². The first-order valence-electron chi connectivity index (χ1n) is 16.5. The summed E-state index contributed by atoms with van der Waals surface area (Å²) in [7, 11) is 0. The van der Waals surface area contributed by atoms with E-state index in [9.17, 15) is 24.5 Å². The molecule has 0 aliphatic carbocycles. The molecule has 13 nitrogen and oxygen atoms in total. The van der Waals surface area contributed by atoms with Crippen LogP contribution in [0.15, 0.2) is 42.6 Å². The molecule has 0 radical (unpaired) electrons. The van der Waals surface area contributed by atoms with E-state index in [1.807, 2.05) is 12.2 Å². The largest absolute Gasteiger partial charge is 0.483 e. The van der Waals surface area contributed by atoms with Gasteiger partial charge in [0.05, 0.1) is 35.0 Å². The number of aliphatic hydroxyl groups excluding tert-OH is 3. The Morgan fingerprint density at radius 3 is 2.60 bits per heavy atom. The molecule has 3 saturated heterocycles. The molecule has 0 spiro atoms. The van der Waals surface area contributed by atoms with Crippen molar-refractivity contribution in [1.82, 2.24) is 25.6 Å². The van der Waals surface area contributed by atoms with Crippen molar-refractivity contribution in [2.24, 2.45) is 17.8 Å². The van der Waals surface area contributed by atoms with Gasteiger partial charge in [-0.3, -0.25) is 9.59 Å². The lowest BCUT2D eigenvalue weighted by Gasteiger charge is -2.44. The number of carbonyl (C=O) groups excluding carboxylic acids is 1. The molecule has 15 heteroatoms. The number of benzene rings is 1. The van der Waals surface area contributed by atoms with E-state index in [-0.39, 0.29) is 35.5 Å². The molecule has 3 fully saturated rings. The second-order valence-corrected chi connectivity index (χ2v) is 14.6. The second kappa shape index (κ2) is 16.7. The molecule has 1 amide bonds. The molecule has 2 bridgehead atoms. The third-order valence-corrected chi connectivity index (χ3v) is 10.8. The second-order valence-electron chi connectivity index (χ2n) is 13.3. The van der Waals surface area contributed by atoms with Crippen molar-refractivity contribution < 1.29 is 43.9 Å². The summed E-state index contributed by atoms with van der Waals surface area (Å²) in [6.45, 7) is 5.56. The lowest BCUT2D eigenvalue weighted by molar-refractivity contribution is -0.205. The van der Waals surface area contributed by atoms with Crippen molar-refractivity contribution in [1.29, 1.82) is 0 Å². The number of thioether (sulfide) groups is 1. The highest BCUT2D eigenvalue weighted by Gasteiger charge is 2.49. The first kappa shape index (κ1) is 36.4. The maximum absolute atomic E-state index is 13.7. The molecule has 6 rings (SSSR count). The average Bonchev–Trinajstić information content (AvgIpc) is 3.65. The first-order valence-corrected chi connectivity index (χ1v) is 17.4. The Hall–Kier alpha value is -2.92. The minimum atomic E-state index is -1.48. The highest BCUT2D eigenvalue weighted by atomic mass is 32.2. The van der Waals surface area contributed by atoms with Crippen LogP contribution in [-0.4, -0.2) is 109 Å². The molecular weight excluding hydrogens is 645 g/mol. The van der Waals surface area contributed by atoms with Gasteiger partial charge in [0.25, 0.3) is 6.47 Å². The van der Waals surface area contributed by atoms with E-state index in [0.29, 0.717) is 49.2 Å². The number of carbonyl (C=O) groups is 2. The van der Waals surface area contributed by atoms with Crippen LogP contribution in [0.1, 0.15) is 56.9 Å². The van der Waals surface area contributed by atoms with Crippen molar-refractivity contribution in [3.8, 4) is 5.69 Å². The number of aromatic nitrogens is 3. The van der Waals surface area contributed by atoms with E-state index in [2.05, 4.69) is 34.8 Å². The zero-order valence-corrected chi connectivity index (χ0v) is 27.9. The predicted molar refractivity (Wildman–Crippen MR) is 175 cm³/mol. The Labute approximate surface area is 283 Å². The van der Waals surface area contributed by atoms with Crippen molar-refractivity contribution >= 4 is 24.1 Å². The van der Waals surface area contributed by atoms with Crippen LogP contribution in [0.2, 0.25) is 0 Å². The van der Waals surface area contributed by atoms with Crippen LogP contribution in [0.25, 0.3) is 5.69 Å². The zero-order valence-electron chi connectivity index (χ0n) is 27.0. The maximum Gasteiger partial charge on any atom is 0.290 e. The van der Waals surface area contributed by atoms with Crippen LogP contribution in [0.3, 0.4) is 0 Å². The molecule has 11 atom stereocenters. The number of aliphatic hydroxyl groups is 3. The number of fused-ring (bicyclic) bond motifs is 3. The van der Waals surface area contributed by atoms with Gasteiger partial charge in [0.1, 0.15) is 41.7 Å². The fourth-order valence-corrected chi connectivity index (χ4v) is 8.46. The van der Waals surface area contributed by atoms with Crippen LogP contribution < -0.4 is 10.6 Å². The molecule has 5 heterocycles.